The van der Waals surface area contributed by atoms with Crippen molar-refractivity contribution in [3.63, 3.8) is 0 Å². The third-order valence-corrected chi connectivity index (χ3v) is 3.20. The Morgan fingerprint density at radius 2 is 1.52 bits per heavy atom. The first kappa shape index (κ1) is 18.5. The molecule has 2 rings (SSSR count). The second kappa shape index (κ2) is 8.19. The maximum Gasteiger partial charge on any atom is 0.203 e. The first-order chi connectivity index (χ1) is 10.6. The lowest BCUT2D eigenvalue weighted by Gasteiger charge is -2.10. The van der Waals surface area contributed by atoms with Crippen molar-refractivity contribution in [2.45, 2.75) is 0 Å². The number of halogens is 1. The van der Waals surface area contributed by atoms with Crippen LogP contribution < -0.4 is 19.9 Å². The van der Waals surface area contributed by atoms with Gasteiger partial charge in [0, 0.05) is 0 Å². The SMILES string of the molecule is COc1ccc(/C=C\c2cc(O)c(OC)c(OC)c2)cc1N.Cl. The van der Waals surface area contributed by atoms with Gasteiger partial charge >= 0.3 is 0 Å². The van der Waals surface area contributed by atoms with Crippen LogP contribution >= 0.6 is 12.4 Å². The number of ether oxygens (including phenoxy) is 3. The predicted molar refractivity (Wildman–Crippen MR) is 94.8 cm³/mol. The number of rotatable bonds is 5. The second-order valence-electron chi connectivity index (χ2n) is 4.61. The van der Waals surface area contributed by atoms with Crippen molar-refractivity contribution in [3.05, 3.63) is 41.5 Å². The molecule has 5 nitrogen and oxygen atoms in total. The molecule has 0 atom stereocenters. The van der Waals surface area contributed by atoms with E-state index in [9.17, 15) is 5.11 Å². The van der Waals surface area contributed by atoms with E-state index in [2.05, 4.69) is 0 Å². The largest absolute Gasteiger partial charge is 0.504 e. The summed E-state index contributed by atoms with van der Waals surface area (Å²) in [6.07, 6.45) is 3.74. The predicted octanol–water partition coefficient (Wildman–Crippen LogP) is 3.59. The van der Waals surface area contributed by atoms with Gasteiger partial charge in [0.1, 0.15) is 5.75 Å². The van der Waals surface area contributed by atoms with E-state index < -0.39 is 0 Å². The molecular formula is C17H20ClNO4. The maximum absolute atomic E-state index is 9.94. The number of phenols is 1. The number of hydrogen-bond donors (Lipinski definition) is 2. The Kier molecular flexibility index (Phi) is 6.60. The lowest BCUT2D eigenvalue weighted by Crippen LogP contribution is -1.92. The summed E-state index contributed by atoms with van der Waals surface area (Å²) in [7, 11) is 4.58. The first-order valence-corrected chi connectivity index (χ1v) is 6.65. The summed E-state index contributed by atoms with van der Waals surface area (Å²) < 4.78 is 15.4. The molecule has 0 aliphatic rings. The lowest BCUT2D eigenvalue weighted by molar-refractivity contribution is 0.333. The van der Waals surface area contributed by atoms with Crippen LogP contribution in [0.5, 0.6) is 23.0 Å². The molecule has 0 heterocycles. The van der Waals surface area contributed by atoms with Crippen LogP contribution in [0.4, 0.5) is 5.69 Å². The highest BCUT2D eigenvalue weighted by atomic mass is 35.5. The van der Waals surface area contributed by atoms with Crippen molar-refractivity contribution in [1.82, 2.24) is 0 Å². The molecule has 6 heteroatoms. The van der Waals surface area contributed by atoms with E-state index in [4.69, 9.17) is 19.9 Å². The first-order valence-electron chi connectivity index (χ1n) is 6.65. The third kappa shape index (κ3) is 4.23. The number of hydrogen-bond acceptors (Lipinski definition) is 5. The summed E-state index contributed by atoms with van der Waals surface area (Å²) >= 11 is 0. The minimum absolute atomic E-state index is 0. The van der Waals surface area contributed by atoms with Gasteiger partial charge < -0.3 is 25.1 Å². The highest BCUT2D eigenvalue weighted by Gasteiger charge is 2.10. The van der Waals surface area contributed by atoms with Crippen molar-refractivity contribution in [1.29, 1.82) is 0 Å². The zero-order valence-corrected chi connectivity index (χ0v) is 14.0. The van der Waals surface area contributed by atoms with Crippen LogP contribution in [0.3, 0.4) is 0 Å². The van der Waals surface area contributed by atoms with Crippen LogP contribution in [0, 0.1) is 0 Å². The number of nitrogens with two attached hydrogens (primary N) is 1. The minimum Gasteiger partial charge on any atom is -0.504 e. The molecule has 2 aromatic carbocycles. The van der Waals surface area contributed by atoms with Crippen LogP contribution in [0.15, 0.2) is 30.3 Å². The van der Waals surface area contributed by atoms with Crippen molar-refractivity contribution < 1.29 is 19.3 Å². The molecule has 0 spiro atoms. The fourth-order valence-corrected chi connectivity index (χ4v) is 2.11. The molecule has 0 bridgehead atoms. The van der Waals surface area contributed by atoms with E-state index in [-0.39, 0.29) is 18.2 Å². The number of benzene rings is 2. The molecular weight excluding hydrogens is 318 g/mol. The van der Waals surface area contributed by atoms with Crippen LogP contribution in [0.1, 0.15) is 11.1 Å². The Balaban J connectivity index is 0.00000264. The van der Waals surface area contributed by atoms with Crippen LogP contribution in [0.25, 0.3) is 12.2 Å². The molecule has 0 amide bonds. The van der Waals surface area contributed by atoms with E-state index in [0.717, 1.165) is 11.1 Å². The van der Waals surface area contributed by atoms with E-state index in [1.165, 1.54) is 14.2 Å². The molecule has 0 aliphatic heterocycles. The highest BCUT2D eigenvalue weighted by Crippen LogP contribution is 2.37. The molecule has 124 valence electrons. The summed E-state index contributed by atoms with van der Waals surface area (Å²) in [5.74, 6) is 1.45. The molecule has 0 saturated heterocycles. The van der Waals surface area contributed by atoms with E-state index in [1.54, 1.807) is 25.3 Å². The molecule has 23 heavy (non-hydrogen) atoms. The van der Waals surface area contributed by atoms with Gasteiger partial charge in [0.05, 0.1) is 27.0 Å². The quantitative estimate of drug-likeness (QED) is 0.644. The Bertz CT molecular complexity index is 701. The summed E-state index contributed by atoms with van der Waals surface area (Å²) in [5.41, 5.74) is 8.15. The smallest absolute Gasteiger partial charge is 0.203 e. The summed E-state index contributed by atoms with van der Waals surface area (Å²) in [5, 5.41) is 9.94. The van der Waals surface area contributed by atoms with Crippen molar-refractivity contribution in [2.24, 2.45) is 0 Å². The fraction of sp³-hybridized carbons (Fsp3) is 0.176. The van der Waals surface area contributed by atoms with E-state index in [0.29, 0.717) is 22.9 Å². The minimum atomic E-state index is 0. The normalized spacial score (nSPS) is 10.2. The zero-order chi connectivity index (χ0) is 16.1. The Morgan fingerprint density at radius 1 is 0.870 bits per heavy atom. The Hall–Kier alpha value is -2.53. The number of phenolic OH excluding ortho intramolecular Hbond substituents is 1. The Labute approximate surface area is 141 Å². The molecule has 0 unspecified atom stereocenters. The third-order valence-electron chi connectivity index (χ3n) is 3.20. The van der Waals surface area contributed by atoms with Gasteiger partial charge in [-0.1, -0.05) is 18.2 Å². The molecule has 0 aliphatic carbocycles. The zero-order valence-electron chi connectivity index (χ0n) is 13.2. The van der Waals surface area contributed by atoms with Gasteiger partial charge in [0.2, 0.25) is 5.75 Å². The Morgan fingerprint density at radius 3 is 2.09 bits per heavy atom. The standard InChI is InChI=1S/C17H19NO4.ClH/c1-20-15-7-6-11(8-13(15)18)4-5-12-9-14(19)17(22-3)16(10-12)21-2;/h4-10,19H,18H2,1-3H3;1H/b5-4-;. The van der Waals surface area contributed by atoms with Gasteiger partial charge in [0.25, 0.3) is 0 Å². The van der Waals surface area contributed by atoms with Gasteiger partial charge in [-0.3, -0.25) is 0 Å². The lowest BCUT2D eigenvalue weighted by atomic mass is 10.1. The number of aromatic hydroxyl groups is 1. The number of methoxy groups -OCH3 is 3. The summed E-state index contributed by atoms with van der Waals surface area (Å²) in [6, 6.07) is 8.90. The molecule has 0 radical (unpaired) electrons. The topological polar surface area (TPSA) is 73.9 Å². The van der Waals surface area contributed by atoms with Gasteiger partial charge in [-0.15, -0.1) is 12.4 Å². The summed E-state index contributed by atoms with van der Waals surface area (Å²) in [6.45, 7) is 0. The van der Waals surface area contributed by atoms with Gasteiger partial charge in [-0.25, -0.2) is 0 Å². The number of anilines is 1. The van der Waals surface area contributed by atoms with Crippen molar-refractivity contribution >= 4 is 30.2 Å². The van der Waals surface area contributed by atoms with E-state index in [1.807, 2.05) is 24.3 Å². The molecule has 3 N–H and O–H groups in total. The molecule has 0 saturated carbocycles. The second-order valence-corrected chi connectivity index (χ2v) is 4.61. The fourth-order valence-electron chi connectivity index (χ4n) is 2.11. The molecule has 0 aromatic heterocycles. The maximum atomic E-state index is 9.94. The molecule has 2 aromatic rings. The van der Waals surface area contributed by atoms with Crippen molar-refractivity contribution in [3.8, 4) is 23.0 Å². The molecule has 0 fully saturated rings. The van der Waals surface area contributed by atoms with E-state index >= 15 is 0 Å². The van der Waals surface area contributed by atoms with Gasteiger partial charge in [0.15, 0.2) is 11.5 Å². The van der Waals surface area contributed by atoms with Crippen molar-refractivity contribution in [2.75, 3.05) is 27.1 Å². The highest BCUT2D eigenvalue weighted by molar-refractivity contribution is 5.85. The van der Waals surface area contributed by atoms with Crippen LogP contribution in [0.2, 0.25) is 0 Å². The summed E-state index contributed by atoms with van der Waals surface area (Å²) in [4.78, 5) is 0. The van der Waals surface area contributed by atoms with Gasteiger partial charge in [-0.2, -0.15) is 0 Å². The monoisotopic (exact) mass is 337 g/mol. The average Bonchev–Trinajstić information content (AvgIpc) is 2.52. The average molecular weight is 338 g/mol. The number of nitrogen functional groups attached to an aromatic ring is 1. The van der Waals surface area contributed by atoms with Crippen LogP contribution in [-0.4, -0.2) is 26.4 Å². The van der Waals surface area contributed by atoms with Gasteiger partial charge in [-0.05, 0) is 35.4 Å². The van der Waals surface area contributed by atoms with Crippen LogP contribution in [-0.2, 0) is 0 Å².